The number of hydrogen-bond acceptors (Lipinski definition) is 10. The molecular weight excluding hydrogens is 749 g/mol. The minimum atomic E-state index is -1.71. The van der Waals surface area contributed by atoms with Crippen LogP contribution >= 0.6 is 0 Å². The number of nitrogens with zero attached hydrogens (tertiary/aromatic N) is 5. The standard InChI is InChI=1S/C45H40N8O6/c46-43(58)47-20-7-9-28-14-19-34-33(27-28)45(42(57)50-34)35(40(55)51-23-25-52(26-24-51)44-48-21-8-22-49-44)37-41(56)59-38(30-12-5-2-6-13-30)36(29-10-3-1-4-11-29)53(37)39(45)31-15-17-32(54)18-16-31/h1-6,8,10-19,21-22,27,35-39,54H,20,23-26H2,(H,50,57)(H3,46,47,58)/t35-,36-,37-,38+,39+,45-/m1/s1. The molecule has 6 atom stereocenters. The zero-order valence-electron chi connectivity index (χ0n) is 31.8. The number of nitrogens with one attached hydrogen (secondary N) is 2. The number of esters is 1. The maximum Gasteiger partial charge on any atom is 0.324 e. The Morgan fingerprint density at radius 1 is 0.847 bits per heavy atom. The summed E-state index contributed by atoms with van der Waals surface area (Å²) in [6.45, 7) is 1.43. The lowest BCUT2D eigenvalue weighted by molar-refractivity contribution is -0.179. The molecule has 5 aromatic rings. The number of piperazine rings is 1. The number of aromatic nitrogens is 2. The van der Waals surface area contributed by atoms with E-state index in [0.717, 1.165) is 11.1 Å². The number of primary amides is 1. The molecule has 296 valence electrons. The van der Waals surface area contributed by atoms with Crippen molar-refractivity contribution in [1.82, 2.24) is 25.1 Å². The fourth-order valence-electron chi connectivity index (χ4n) is 9.36. The number of morpholine rings is 1. The smallest absolute Gasteiger partial charge is 0.324 e. The summed E-state index contributed by atoms with van der Waals surface area (Å²) in [7, 11) is 0. The average molecular weight is 789 g/mol. The number of urea groups is 1. The van der Waals surface area contributed by atoms with E-state index < -0.39 is 53.5 Å². The number of ether oxygens (including phenoxy) is 1. The molecule has 0 saturated carbocycles. The third-order valence-corrected chi connectivity index (χ3v) is 11.8. The first-order chi connectivity index (χ1) is 28.8. The van der Waals surface area contributed by atoms with Gasteiger partial charge in [-0.2, -0.15) is 0 Å². The van der Waals surface area contributed by atoms with Crippen molar-refractivity contribution in [1.29, 1.82) is 0 Å². The minimum absolute atomic E-state index is 0.00664. The lowest BCUT2D eigenvalue weighted by Crippen LogP contribution is -2.58. The van der Waals surface area contributed by atoms with Crippen molar-refractivity contribution in [3.8, 4) is 17.6 Å². The average Bonchev–Trinajstić information content (AvgIpc) is 3.74. The number of hydrogen-bond donors (Lipinski definition) is 4. The summed E-state index contributed by atoms with van der Waals surface area (Å²) in [5, 5.41) is 16.1. The number of fused-ring (bicyclic) bond motifs is 3. The molecule has 3 fully saturated rings. The third kappa shape index (κ3) is 6.45. The molecule has 4 amide bonds. The second-order valence-electron chi connectivity index (χ2n) is 15.0. The van der Waals surface area contributed by atoms with Gasteiger partial charge >= 0.3 is 12.0 Å². The number of carbonyl (C=O) groups is 4. The molecule has 59 heavy (non-hydrogen) atoms. The van der Waals surface area contributed by atoms with Gasteiger partial charge in [0.05, 0.1) is 24.5 Å². The monoisotopic (exact) mass is 788 g/mol. The number of benzene rings is 4. The molecule has 1 aromatic heterocycles. The zero-order chi connectivity index (χ0) is 40.7. The largest absolute Gasteiger partial charge is 0.508 e. The highest BCUT2D eigenvalue weighted by Gasteiger charge is 2.74. The Morgan fingerprint density at radius 2 is 1.53 bits per heavy atom. The van der Waals surface area contributed by atoms with Gasteiger partial charge in [0.2, 0.25) is 17.8 Å². The SMILES string of the molecule is NC(=O)NCC#Cc1ccc2c(c1)[C@]1(C(=O)N2)[C@H](c2ccc(O)cc2)N2[C@H](c3ccccc3)[C@H](c3ccccc3)OC(=O)[C@H]2[C@@H]1C(=O)N1CCN(c2ncccn2)CC1. The summed E-state index contributed by atoms with van der Waals surface area (Å²) >= 11 is 0. The molecule has 5 heterocycles. The maximum absolute atomic E-state index is 15.7. The number of anilines is 2. The van der Waals surface area contributed by atoms with Crippen LogP contribution in [0.25, 0.3) is 0 Å². The van der Waals surface area contributed by atoms with E-state index in [1.54, 1.807) is 65.8 Å². The molecule has 14 nitrogen and oxygen atoms in total. The Hall–Kier alpha value is -7.24. The summed E-state index contributed by atoms with van der Waals surface area (Å²) in [5.74, 6) is 3.80. The van der Waals surface area contributed by atoms with Gasteiger partial charge in [-0.3, -0.25) is 19.3 Å². The van der Waals surface area contributed by atoms with Gasteiger partial charge in [0.15, 0.2) is 0 Å². The van der Waals surface area contributed by atoms with Crippen molar-refractivity contribution in [2.45, 2.75) is 29.6 Å². The van der Waals surface area contributed by atoms with Crippen molar-refractivity contribution in [3.63, 3.8) is 0 Å². The van der Waals surface area contributed by atoms with Crippen LogP contribution in [0.4, 0.5) is 16.4 Å². The number of cyclic esters (lactones) is 1. The van der Waals surface area contributed by atoms with Gasteiger partial charge in [-0.05, 0) is 58.7 Å². The number of phenols is 1. The van der Waals surface area contributed by atoms with Crippen LogP contribution in [0.5, 0.6) is 5.75 Å². The first-order valence-electron chi connectivity index (χ1n) is 19.4. The molecule has 4 aliphatic rings. The Morgan fingerprint density at radius 3 is 2.20 bits per heavy atom. The van der Waals surface area contributed by atoms with Crippen molar-refractivity contribution in [2.24, 2.45) is 11.7 Å². The number of phenolic OH excluding ortho intramolecular Hbond substituents is 1. The van der Waals surface area contributed by atoms with E-state index in [0.29, 0.717) is 41.4 Å². The number of nitrogens with two attached hydrogens (primary N) is 1. The van der Waals surface area contributed by atoms with Gasteiger partial charge in [0.25, 0.3) is 0 Å². The second kappa shape index (κ2) is 15.3. The van der Waals surface area contributed by atoms with Crippen LogP contribution in [-0.2, 0) is 24.5 Å². The van der Waals surface area contributed by atoms with E-state index in [1.165, 1.54) is 0 Å². The van der Waals surface area contributed by atoms with Crippen molar-refractivity contribution in [2.75, 3.05) is 42.9 Å². The van der Waals surface area contributed by atoms with Crippen LogP contribution in [0, 0.1) is 17.8 Å². The molecule has 4 aromatic carbocycles. The molecule has 9 rings (SSSR count). The van der Waals surface area contributed by atoms with Crippen LogP contribution in [-0.4, -0.2) is 87.5 Å². The number of aromatic hydroxyl groups is 1. The molecule has 0 radical (unpaired) electrons. The van der Waals surface area contributed by atoms with Gasteiger partial charge in [0.1, 0.15) is 23.3 Å². The fourth-order valence-corrected chi connectivity index (χ4v) is 9.36. The number of carbonyl (C=O) groups excluding carboxylic acids is 4. The van der Waals surface area contributed by atoms with Crippen molar-refractivity contribution >= 4 is 35.5 Å². The van der Waals surface area contributed by atoms with Crippen LogP contribution in [0.2, 0.25) is 0 Å². The van der Waals surface area contributed by atoms with Gasteiger partial charge in [0, 0.05) is 49.8 Å². The predicted molar refractivity (Wildman–Crippen MR) is 216 cm³/mol. The molecule has 0 aliphatic carbocycles. The Balaban J connectivity index is 1.26. The van der Waals surface area contributed by atoms with Gasteiger partial charge < -0.3 is 36.0 Å². The normalized spacial score (nSPS) is 24.6. The molecule has 1 spiro atoms. The molecule has 0 unspecified atom stereocenters. The third-order valence-electron chi connectivity index (χ3n) is 11.8. The summed E-state index contributed by atoms with van der Waals surface area (Å²) < 4.78 is 6.52. The molecule has 3 saturated heterocycles. The Bertz CT molecular complexity index is 2470. The number of amides is 4. The first kappa shape index (κ1) is 37.3. The quantitative estimate of drug-likeness (QED) is 0.146. The van der Waals surface area contributed by atoms with E-state index in [4.69, 9.17) is 10.5 Å². The number of rotatable bonds is 6. The molecule has 4 aliphatic heterocycles. The highest BCUT2D eigenvalue weighted by Crippen LogP contribution is 2.65. The molecular formula is C45H40N8O6. The van der Waals surface area contributed by atoms with Crippen LogP contribution in [0.1, 0.15) is 46.0 Å². The zero-order valence-corrected chi connectivity index (χ0v) is 31.8. The maximum atomic E-state index is 15.7. The molecule has 0 bridgehead atoms. The highest BCUT2D eigenvalue weighted by molar-refractivity contribution is 6.12. The van der Waals surface area contributed by atoms with E-state index in [1.807, 2.05) is 70.5 Å². The van der Waals surface area contributed by atoms with Crippen molar-refractivity contribution in [3.05, 3.63) is 149 Å². The van der Waals surface area contributed by atoms with Crippen LogP contribution in [0.15, 0.2) is 122 Å². The fraction of sp³-hybridized carbons (Fsp3) is 0.244. The van der Waals surface area contributed by atoms with Crippen LogP contribution < -0.4 is 21.3 Å². The van der Waals surface area contributed by atoms with Crippen LogP contribution in [0.3, 0.4) is 0 Å². The summed E-state index contributed by atoms with van der Waals surface area (Å²) in [6.07, 6.45) is 2.52. The lowest BCUT2D eigenvalue weighted by atomic mass is 9.65. The molecule has 5 N–H and O–H groups in total. The van der Waals surface area contributed by atoms with Crippen molar-refractivity contribution < 1.29 is 29.0 Å². The van der Waals surface area contributed by atoms with E-state index in [9.17, 15) is 9.90 Å². The predicted octanol–water partition coefficient (Wildman–Crippen LogP) is 3.82. The second-order valence-corrected chi connectivity index (χ2v) is 15.0. The minimum Gasteiger partial charge on any atom is -0.508 e. The topological polar surface area (TPSA) is 183 Å². The Kier molecular flexibility index (Phi) is 9.66. The van der Waals surface area contributed by atoms with Gasteiger partial charge in [-0.25, -0.2) is 14.8 Å². The molecule has 14 heteroatoms. The first-order valence-corrected chi connectivity index (χ1v) is 19.4. The lowest BCUT2D eigenvalue weighted by Gasteiger charge is -2.46. The van der Waals surface area contributed by atoms with E-state index in [2.05, 4.69) is 32.4 Å². The van der Waals surface area contributed by atoms with E-state index in [-0.39, 0.29) is 31.3 Å². The van der Waals surface area contributed by atoms with E-state index >= 15 is 14.4 Å². The van der Waals surface area contributed by atoms with Gasteiger partial charge in [-0.15, -0.1) is 0 Å². The highest BCUT2D eigenvalue weighted by atomic mass is 16.6. The van der Waals surface area contributed by atoms with Gasteiger partial charge in [-0.1, -0.05) is 84.6 Å². The summed E-state index contributed by atoms with van der Waals surface area (Å²) in [5.41, 5.74) is 7.23. The summed E-state index contributed by atoms with van der Waals surface area (Å²) in [4.78, 5) is 72.1. The Labute approximate surface area is 340 Å². The summed E-state index contributed by atoms with van der Waals surface area (Å²) in [6, 6.07) is 29.2.